The Morgan fingerprint density at radius 1 is 1.50 bits per heavy atom. The Kier molecular flexibility index (Phi) is 4.77. The van der Waals surface area contributed by atoms with Crippen LogP contribution in [0.1, 0.15) is 30.7 Å². The average molecular weight is 343 g/mol. The highest BCUT2D eigenvalue weighted by Gasteiger charge is 2.20. The van der Waals surface area contributed by atoms with Crippen molar-refractivity contribution in [2.75, 3.05) is 7.11 Å². The van der Waals surface area contributed by atoms with Gasteiger partial charge in [-0.15, -0.1) is 0 Å². The van der Waals surface area contributed by atoms with Crippen LogP contribution >= 0.6 is 15.9 Å². The molecule has 1 aromatic carbocycles. The zero-order valence-corrected chi connectivity index (χ0v) is 12.9. The fraction of sp³-hybridized carbons (Fsp3) is 0.357. The normalized spacial score (nSPS) is 12.4. The number of ether oxygens (including phenoxy) is 1. The molecule has 1 N–H and O–H groups in total. The number of aromatic nitrogens is 2. The number of rotatable bonds is 5. The summed E-state index contributed by atoms with van der Waals surface area (Å²) in [5.41, 5.74) is 1.21. The fourth-order valence-corrected chi connectivity index (χ4v) is 2.55. The molecule has 0 saturated carbocycles. The van der Waals surface area contributed by atoms with Gasteiger partial charge in [0.25, 0.3) is 0 Å². The van der Waals surface area contributed by atoms with Crippen molar-refractivity contribution in [3.05, 3.63) is 45.9 Å². The van der Waals surface area contributed by atoms with Crippen LogP contribution in [0.15, 0.2) is 28.9 Å². The first-order valence-electron chi connectivity index (χ1n) is 6.31. The second-order valence-electron chi connectivity index (χ2n) is 4.40. The Balaban J connectivity index is 2.40. The Hall–Kier alpha value is -1.40. The SMILES string of the molecule is CCCn1ncc(Br)c1C(O)c1ccc(F)c(OC)c1. The maximum atomic E-state index is 13.4. The summed E-state index contributed by atoms with van der Waals surface area (Å²) in [5.74, 6) is -0.344. The number of nitrogens with zero attached hydrogens (tertiary/aromatic N) is 2. The van der Waals surface area contributed by atoms with E-state index in [2.05, 4.69) is 21.0 Å². The minimum atomic E-state index is -0.895. The molecule has 4 nitrogen and oxygen atoms in total. The number of benzene rings is 1. The molecule has 0 spiro atoms. The summed E-state index contributed by atoms with van der Waals surface area (Å²) in [6, 6.07) is 4.32. The molecule has 1 heterocycles. The number of aliphatic hydroxyl groups is 1. The number of aliphatic hydroxyl groups excluding tert-OH is 1. The van der Waals surface area contributed by atoms with E-state index >= 15 is 0 Å². The van der Waals surface area contributed by atoms with Crippen molar-refractivity contribution in [2.24, 2.45) is 0 Å². The van der Waals surface area contributed by atoms with Gasteiger partial charge in [-0.05, 0) is 40.0 Å². The molecule has 0 radical (unpaired) electrons. The first-order valence-corrected chi connectivity index (χ1v) is 7.10. The van der Waals surface area contributed by atoms with Crippen LogP contribution in [0, 0.1) is 5.82 Å². The Morgan fingerprint density at radius 2 is 2.25 bits per heavy atom. The first-order chi connectivity index (χ1) is 9.58. The van der Waals surface area contributed by atoms with Crippen molar-refractivity contribution in [3.8, 4) is 5.75 Å². The Morgan fingerprint density at radius 3 is 2.90 bits per heavy atom. The second kappa shape index (κ2) is 6.37. The van der Waals surface area contributed by atoms with Gasteiger partial charge in [0.1, 0.15) is 6.10 Å². The van der Waals surface area contributed by atoms with Crippen LogP contribution in [-0.2, 0) is 6.54 Å². The summed E-state index contributed by atoms with van der Waals surface area (Å²) in [4.78, 5) is 0. The van der Waals surface area contributed by atoms with Crippen molar-refractivity contribution in [1.82, 2.24) is 9.78 Å². The van der Waals surface area contributed by atoms with E-state index in [-0.39, 0.29) is 5.75 Å². The molecule has 1 atom stereocenters. The van der Waals surface area contributed by atoms with Crippen LogP contribution < -0.4 is 4.74 Å². The van der Waals surface area contributed by atoms with E-state index in [4.69, 9.17) is 4.74 Å². The van der Waals surface area contributed by atoms with Crippen LogP contribution in [0.5, 0.6) is 5.75 Å². The minimum Gasteiger partial charge on any atom is -0.494 e. The maximum absolute atomic E-state index is 13.4. The smallest absolute Gasteiger partial charge is 0.165 e. The van der Waals surface area contributed by atoms with Gasteiger partial charge < -0.3 is 9.84 Å². The molecular formula is C14H16BrFN2O2. The molecule has 2 aromatic rings. The lowest BCUT2D eigenvalue weighted by Gasteiger charge is -2.15. The largest absolute Gasteiger partial charge is 0.494 e. The monoisotopic (exact) mass is 342 g/mol. The van der Waals surface area contributed by atoms with Crippen molar-refractivity contribution in [1.29, 1.82) is 0 Å². The summed E-state index contributed by atoms with van der Waals surface area (Å²) < 4.78 is 20.8. The second-order valence-corrected chi connectivity index (χ2v) is 5.25. The van der Waals surface area contributed by atoms with E-state index in [1.165, 1.54) is 25.3 Å². The molecular weight excluding hydrogens is 327 g/mol. The van der Waals surface area contributed by atoms with Crippen LogP contribution in [0.3, 0.4) is 0 Å². The van der Waals surface area contributed by atoms with E-state index in [1.807, 2.05) is 6.92 Å². The first kappa shape index (κ1) is 15.0. The summed E-state index contributed by atoms with van der Waals surface area (Å²) >= 11 is 3.39. The molecule has 1 aromatic heterocycles. The van der Waals surface area contributed by atoms with Gasteiger partial charge in [0, 0.05) is 6.54 Å². The van der Waals surface area contributed by atoms with Gasteiger partial charge in [-0.1, -0.05) is 13.0 Å². The summed E-state index contributed by atoms with van der Waals surface area (Å²) in [6.45, 7) is 2.74. The minimum absolute atomic E-state index is 0.110. The summed E-state index contributed by atoms with van der Waals surface area (Å²) in [6.07, 6.45) is 1.66. The molecule has 6 heteroatoms. The van der Waals surface area contributed by atoms with Gasteiger partial charge in [-0.25, -0.2) is 4.39 Å². The number of methoxy groups -OCH3 is 1. The molecule has 0 aliphatic carbocycles. The third-order valence-corrected chi connectivity index (χ3v) is 3.63. The van der Waals surface area contributed by atoms with Crippen LogP contribution in [0.25, 0.3) is 0 Å². The van der Waals surface area contributed by atoms with Crippen LogP contribution in [0.2, 0.25) is 0 Å². The molecule has 0 fully saturated rings. The van der Waals surface area contributed by atoms with Crippen molar-refractivity contribution in [3.63, 3.8) is 0 Å². The number of hydrogen-bond acceptors (Lipinski definition) is 3. The van der Waals surface area contributed by atoms with E-state index in [0.717, 1.165) is 10.9 Å². The third-order valence-electron chi connectivity index (χ3n) is 3.02. The number of hydrogen-bond donors (Lipinski definition) is 1. The van der Waals surface area contributed by atoms with Gasteiger partial charge in [0.15, 0.2) is 11.6 Å². The Labute approximate surface area is 125 Å². The summed E-state index contributed by atoms with van der Waals surface area (Å²) in [7, 11) is 1.39. The zero-order valence-electron chi connectivity index (χ0n) is 11.3. The summed E-state index contributed by atoms with van der Waals surface area (Å²) in [5, 5.41) is 14.7. The zero-order chi connectivity index (χ0) is 14.7. The van der Waals surface area contributed by atoms with Gasteiger partial charge in [-0.2, -0.15) is 5.10 Å². The number of halogens is 2. The average Bonchev–Trinajstić information content (AvgIpc) is 2.80. The van der Waals surface area contributed by atoms with E-state index < -0.39 is 11.9 Å². The van der Waals surface area contributed by atoms with Gasteiger partial charge in [0.05, 0.1) is 23.5 Å². The van der Waals surface area contributed by atoms with E-state index in [9.17, 15) is 9.50 Å². The lowest BCUT2D eigenvalue weighted by atomic mass is 10.1. The van der Waals surface area contributed by atoms with Gasteiger partial charge in [0.2, 0.25) is 0 Å². The van der Waals surface area contributed by atoms with Gasteiger partial charge in [-0.3, -0.25) is 4.68 Å². The predicted octanol–water partition coefficient (Wildman–Crippen LogP) is 3.29. The molecule has 2 rings (SSSR count). The molecule has 0 saturated heterocycles. The molecule has 0 aliphatic heterocycles. The van der Waals surface area contributed by atoms with Crippen molar-refractivity contribution >= 4 is 15.9 Å². The highest BCUT2D eigenvalue weighted by atomic mass is 79.9. The lowest BCUT2D eigenvalue weighted by Crippen LogP contribution is -2.11. The molecule has 1 unspecified atom stereocenters. The highest BCUT2D eigenvalue weighted by molar-refractivity contribution is 9.10. The van der Waals surface area contributed by atoms with E-state index in [0.29, 0.717) is 17.8 Å². The molecule has 0 aliphatic rings. The van der Waals surface area contributed by atoms with Crippen molar-refractivity contribution in [2.45, 2.75) is 26.0 Å². The van der Waals surface area contributed by atoms with Gasteiger partial charge >= 0.3 is 0 Å². The Bertz CT molecular complexity index is 601. The maximum Gasteiger partial charge on any atom is 0.165 e. The van der Waals surface area contributed by atoms with E-state index in [1.54, 1.807) is 10.9 Å². The standard InChI is InChI=1S/C14H16BrFN2O2/c1-3-6-18-13(10(15)8-17-18)14(19)9-4-5-11(16)12(7-9)20-2/h4-5,7-8,14,19H,3,6H2,1-2H3. The fourth-order valence-electron chi connectivity index (χ4n) is 2.04. The molecule has 0 amide bonds. The lowest BCUT2D eigenvalue weighted by molar-refractivity contribution is 0.206. The third kappa shape index (κ3) is 2.86. The highest BCUT2D eigenvalue weighted by Crippen LogP contribution is 2.31. The predicted molar refractivity (Wildman–Crippen MR) is 77.2 cm³/mol. The quantitative estimate of drug-likeness (QED) is 0.906. The van der Waals surface area contributed by atoms with Crippen LogP contribution in [0.4, 0.5) is 4.39 Å². The topological polar surface area (TPSA) is 47.3 Å². The molecule has 0 bridgehead atoms. The number of aryl methyl sites for hydroxylation is 1. The molecule has 20 heavy (non-hydrogen) atoms. The molecule has 108 valence electrons. The van der Waals surface area contributed by atoms with Crippen LogP contribution in [-0.4, -0.2) is 22.0 Å². The van der Waals surface area contributed by atoms with Crippen molar-refractivity contribution < 1.29 is 14.2 Å².